The van der Waals surface area contributed by atoms with Gasteiger partial charge in [-0.05, 0) is 57.5 Å². The largest absolute Gasteiger partial charge is 0.386 e. The van der Waals surface area contributed by atoms with Crippen LogP contribution < -0.4 is 0 Å². The Morgan fingerprint density at radius 2 is 1.95 bits per heavy atom. The lowest BCUT2D eigenvalue weighted by Gasteiger charge is -2.42. The van der Waals surface area contributed by atoms with E-state index in [9.17, 15) is 13.9 Å². The molecule has 1 aliphatic rings. The molecular formula is C15H21F2NO. The van der Waals surface area contributed by atoms with E-state index in [0.29, 0.717) is 6.42 Å². The van der Waals surface area contributed by atoms with Gasteiger partial charge in [-0.1, -0.05) is 6.92 Å². The first-order valence-corrected chi connectivity index (χ1v) is 6.87. The second-order valence-corrected chi connectivity index (χ2v) is 5.47. The number of aliphatic hydroxyl groups excluding tert-OH is 1. The van der Waals surface area contributed by atoms with E-state index >= 15 is 0 Å². The summed E-state index contributed by atoms with van der Waals surface area (Å²) in [5.74, 6) is -1.07. The molecule has 0 radical (unpaired) electrons. The molecule has 2 unspecified atom stereocenters. The number of aliphatic hydroxyl groups is 1. The minimum atomic E-state index is -1.02. The first-order valence-electron chi connectivity index (χ1n) is 6.87. The van der Waals surface area contributed by atoms with Gasteiger partial charge >= 0.3 is 0 Å². The van der Waals surface area contributed by atoms with Crippen molar-refractivity contribution >= 4 is 0 Å². The molecule has 2 rings (SSSR count). The third-order valence-corrected chi connectivity index (χ3v) is 4.39. The summed E-state index contributed by atoms with van der Waals surface area (Å²) < 4.78 is 27.1. The maximum absolute atomic E-state index is 13.8. The van der Waals surface area contributed by atoms with Gasteiger partial charge in [0.1, 0.15) is 11.6 Å². The molecule has 0 spiro atoms. The summed E-state index contributed by atoms with van der Waals surface area (Å²) in [7, 11) is 0. The Bertz CT molecular complexity index is 446. The van der Waals surface area contributed by atoms with Gasteiger partial charge in [0.05, 0.1) is 6.10 Å². The first kappa shape index (κ1) is 14.4. The molecule has 0 aliphatic carbocycles. The van der Waals surface area contributed by atoms with Crippen molar-refractivity contribution in [3.63, 3.8) is 0 Å². The molecule has 1 aromatic carbocycles. The van der Waals surface area contributed by atoms with Gasteiger partial charge in [-0.15, -0.1) is 0 Å². The Labute approximate surface area is 113 Å². The molecule has 1 aliphatic heterocycles. The quantitative estimate of drug-likeness (QED) is 0.907. The van der Waals surface area contributed by atoms with Crippen LogP contribution in [0.15, 0.2) is 18.2 Å². The molecule has 1 aromatic rings. The van der Waals surface area contributed by atoms with E-state index in [2.05, 4.69) is 4.90 Å². The zero-order valence-electron chi connectivity index (χ0n) is 11.5. The van der Waals surface area contributed by atoms with E-state index in [1.54, 1.807) is 0 Å². The van der Waals surface area contributed by atoms with Crippen molar-refractivity contribution in [3.05, 3.63) is 35.4 Å². The Balaban J connectivity index is 2.34. The Morgan fingerprint density at radius 3 is 2.53 bits per heavy atom. The molecule has 2 atom stereocenters. The standard InChI is InChI=1S/C15H21F2NO/c1-3-15(2,18-8-4-5-9-18)14(19)12-10-11(16)6-7-13(12)17/h6-7,10,14,19H,3-5,8-9H2,1-2H3. The summed E-state index contributed by atoms with van der Waals surface area (Å²) >= 11 is 0. The molecule has 1 heterocycles. The lowest BCUT2D eigenvalue weighted by molar-refractivity contribution is -0.0159. The number of halogens is 2. The van der Waals surface area contributed by atoms with Crippen LogP contribution in [0.2, 0.25) is 0 Å². The molecule has 1 N–H and O–H groups in total. The van der Waals surface area contributed by atoms with Crippen LogP contribution in [0, 0.1) is 11.6 Å². The van der Waals surface area contributed by atoms with Crippen molar-refractivity contribution in [2.45, 2.75) is 44.8 Å². The van der Waals surface area contributed by atoms with Crippen molar-refractivity contribution in [2.75, 3.05) is 13.1 Å². The summed E-state index contributed by atoms with van der Waals surface area (Å²) in [5, 5.41) is 10.6. The fraction of sp³-hybridized carbons (Fsp3) is 0.600. The van der Waals surface area contributed by atoms with Crippen molar-refractivity contribution in [1.29, 1.82) is 0 Å². The van der Waals surface area contributed by atoms with Crippen LogP contribution in [0.4, 0.5) is 8.78 Å². The van der Waals surface area contributed by atoms with Gasteiger partial charge < -0.3 is 5.11 Å². The Hall–Kier alpha value is -1.00. The molecule has 19 heavy (non-hydrogen) atoms. The first-order chi connectivity index (χ1) is 8.99. The van der Waals surface area contributed by atoms with Gasteiger partial charge in [0.15, 0.2) is 0 Å². The minimum absolute atomic E-state index is 0.0521. The van der Waals surface area contributed by atoms with Crippen LogP contribution in [0.5, 0.6) is 0 Å². The zero-order valence-corrected chi connectivity index (χ0v) is 11.5. The van der Waals surface area contributed by atoms with Crippen LogP contribution in [0.1, 0.15) is 44.8 Å². The van der Waals surface area contributed by atoms with E-state index in [-0.39, 0.29) is 5.56 Å². The highest BCUT2D eigenvalue weighted by molar-refractivity contribution is 5.24. The molecule has 1 fully saturated rings. The van der Waals surface area contributed by atoms with Crippen molar-refractivity contribution in [3.8, 4) is 0 Å². The number of benzene rings is 1. The summed E-state index contributed by atoms with van der Waals surface area (Å²) in [6, 6.07) is 3.25. The molecule has 0 aromatic heterocycles. The van der Waals surface area contributed by atoms with Crippen molar-refractivity contribution in [1.82, 2.24) is 4.90 Å². The van der Waals surface area contributed by atoms with E-state index in [1.807, 2.05) is 13.8 Å². The predicted molar refractivity (Wildman–Crippen MR) is 70.8 cm³/mol. The molecule has 2 nitrogen and oxygen atoms in total. The van der Waals surface area contributed by atoms with E-state index in [0.717, 1.165) is 44.1 Å². The third-order valence-electron chi connectivity index (χ3n) is 4.39. The lowest BCUT2D eigenvalue weighted by Crippen LogP contribution is -2.49. The summed E-state index contributed by atoms with van der Waals surface area (Å²) in [4.78, 5) is 2.18. The van der Waals surface area contributed by atoms with E-state index < -0.39 is 23.3 Å². The van der Waals surface area contributed by atoms with Gasteiger partial charge in [0.25, 0.3) is 0 Å². The minimum Gasteiger partial charge on any atom is -0.386 e. The SMILES string of the molecule is CCC(C)(C(O)c1cc(F)ccc1F)N1CCCC1. The highest BCUT2D eigenvalue weighted by Crippen LogP contribution is 2.37. The van der Waals surface area contributed by atoms with Crippen molar-refractivity contribution in [2.24, 2.45) is 0 Å². The smallest absolute Gasteiger partial charge is 0.129 e. The van der Waals surface area contributed by atoms with Gasteiger partial charge in [-0.25, -0.2) is 8.78 Å². The predicted octanol–water partition coefficient (Wildman–Crippen LogP) is 3.26. The molecule has 106 valence electrons. The van der Waals surface area contributed by atoms with Gasteiger partial charge in [0.2, 0.25) is 0 Å². The van der Waals surface area contributed by atoms with Gasteiger partial charge in [0, 0.05) is 11.1 Å². The fourth-order valence-electron chi connectivity index (χ4n) is 2.88. The second kappa shape index (κ2) is 5.55. The second-order valence-electron chi connectivity index (χ2n) is 5.47. The van der Waals surface area contributed by atoms with Crippen LogP contribution >= 0.6 is 0 Å². The topological polar surface area (TPSA) is 23.5 Å². The fourth-order valence-corrected chi connectivity index (χ4v) is 2.88. The van der Waals surface area contributed by atoms with Crippen LogP contribution in [0.25, 0.3) is 0 Å². The Morgan fingerprint density at radius 1 is 1.32 bits per heavy atom. The number of rotatable bonds is 4. The highest BCUT2D eigenvalue weighted by Gasteiger charge is 2.40. The normalized spacial score (nSPS) is 21.3. The highest BCUT2D eigenvalue weighted by atomic mass is 19.1. The summed E-state index contributed by atoms with van der Waals surface area (Å²) in [6.45, 7) is 5.70. The molecule has 1 saturated heterocycles. The molecule has 0 saturated carbocycles. The maximum Gasteiger partial charge on any atom is 0.129 e. The average Bonchev–Trinajstić information content (AvgIpc) is 2.94. The summed E-state index contributed by atoms with van der Waals surface area (Å²) in [6.07, 6.45) is 1.85. The number of likely N-dealkylation sites (tertiary alicyclic amines) is 1. The van der Waals surface area contributed by atoms with Crippen molar-refractivity contribution < 1.29 is 13.9 Å². The van der Waals surface area contributed by atoms with E-state index in [4.69, 9.17) is 0 Å². The van der Waals surface area contributed by atoms with Crippen LogP contribution in [0.3, 0.4) is 0 Å². The lowest BCUT2D eigenvalue weighted by atomic mass is 9.85. The molecule has 0 bridgehead atoms. The summed E-state index contributed by atoms with van der Waals surface area (Å²) in [5.41, 5.74) is -0.498. The van der Waals surface area contributed by atoms with Gasteiger partial charge in [-0.3, -0.25) is 4.90 Å². The molecule has 0 amide bonds. The van der Waals surface area contributed by atoms with E-state index in [1.165, 1.54) is 0 Å². The molecular weight excluding hydrogens is 248 g/mol. The van der Waals surface area contributed by atoms with Crippen LogP contribution in [-0.4, -0.2) is 28.6 Å². The number of nitrogens with zero attached hydrogens (tertiary/aromatic N) is 1. The average molecular weight is 269 g/mol. The zero-order chi connectivity index (χ0) is 14.0. The van der Waals surface area contributed by atoms with Gasteiger partial charge in [-0.2, -0.15) is 0 Å². The number of hydrogen-bond donors (Lipinski definition) is 1. The third kappa shape index (κ3) is 2.65. The molecule has 4 heteroatoms. The maximum atomic E-state index is 13.8. The van der Waals surface area contributed by atoms with Crippen LogP contribution in [-0.2, 0) is 0 Å². The Kier molecular flexibility index (Phi) is 4.21. The number of hydrogen-bond acceptors (Lipinski definition) is 2. The monoisotopic (exact) mass is 269 g/mol.